The lowest BCUT2D eigenvalue weighted by Gasteiger charge is -2.35. The Morgan fingerprint density at radius 2 is 1.77 bits per heavy atom. The van der Waals surface area contributed by atoms with E-state index in [4.69, 9.17) is 14.2 Å². The first-order valence-corrected chi connectivity index (χ1v) is 9.40. The van der Waals surface area contributed by atoms with Crippen LogP contribution in [-0.2, 0) is 19.0 Å². The molecule has 3 fully saturated rings. The number of ether oxygens (including phenoxy) is 3. The van der Waals surface area contributed by atoms with E-state index in [9.17, 15) is 9.90 Å². The highest BCUT2D eigenvalue weighted by molar-refractivity contribution is 6.26. The van der Waals surface area contributed by atoms with Crippen LogP contribution in [0.2, 0.25) is 0 Å². The number of aryl methyl sites for hydroxylation is 3. The molecule has 0 radical (unpaired) electrons. The van der Waals surface area contributed by atoms with Crippen LogP contribution in [0.25, 0.3) is 5.57 Å². The van der Waals surface area contributed by atoms with Crippen molar-refractivity contribution in [2.24, 2.45) is 11.8 Å². The van der Waals surface area contributed by atoms with Gasteiger partial charge in [0.15, 0.2) is 12.1 Å². The minimum atomic E-state index is -0.736. The number of hydrogen-bond donors (Lipinski definition) is 1. The van der Waals surface area contributed by atoms with Crippen LogP contribution in [0.15, 0.2) is 17.9 Å². The van der Waals surface area contributed by atoms with E-state index in [1.54, 1.807) is 0 Å². The molecule has 138 valence electrons. The molecule has 1 aromatic carbocycles. The Kier molecular flexibility index (Phi) is 3.43. The largest absolute Gasteiger partial charge is 0.511 e. The lowest BCUT2D eigenvalue weighted by molar-refractivity contribution is -0.191. The molecule has 26 heavy (non-hydrogen) atoms. The molecule has 2 bridgehead atoms. The number of aliphatic hydroxyl groups excluding tert-OH is 1. The number of carbonyl (C=O) groups is 1. The number of allylic oxidation sites excluding steroid dienone is 1. The molecule has 0 spiro atoms. The second-order valence-corrected chi connectivity index (χ2v) is 8.13. The summed E-state index contributed by atoms with van der Waals surface area (Å²) in [6.07, 6.45) is 0.894. The number of fused-ring (bicyclic) bond motifs is 5. The second kappa shape index (κ2) is 5.41. The van der Waals surface area contributed by atoms with Crippen LogP contribution in [-0.4, -0.2) is 42.1 Å². The van der Waals surface area contributed by atoms with Gasteiger partial charge in [0.05, 0.1) is 36.7 Å². The van der Waals surface area contributed by atoms with Gasteiger partial charge >= 0.3 is 0 Å². The summed E-state index contributed by atoms with van der Waals surface area (Å²) in [6, 6.07) is 4.13. The van der Waals surface area contributed by atoms with Gasteiger partial charge in [0.2, 0.25) is 0 Å². The summed E-state index contributed by atoms with van der Waals surface area (Å²) in [6.45, 7) is 7.10. The van der Waals surface area contributed by atoms with E-state index in [2.05, 4.69) is 12.1 Å². The molecule has 0 amide bonds. The standard InChI is InChI=1S/C21H24O5/c1-10-8-11(2)14(12(3)9-10)16-18(22)15-13-4-5-21(26-13,17(15)19(16)23)20-24-6-7-25-20/h8-9,13,15,17,20,23H,4-7H2,1-3H3/t13-,15-,17+,21?/m0/s1. The Bertz CT molecular complexity index is 812. The number of aliphatic hydroxyl groups is 1. The zero-order chi connectivity index (χ0) is 18.2. The van der Waals surface area contributed by atoms with Crippen LogP contribution < -0.4 is 0 Å². The molecular formula is C21H24O5. The Morgan fingerprint density at radius 3 is 2.42 bits per heavy atom. The minimum Gasteiger partial charge on any atom is -0.511 e. The van der Waals surface area contributed by atoms with Crippen LogP contribution in [0.5, 0.6) is 0 Å². The van der Waals surface area contributed by atoms with Crippen LogP contribution in [0.3, 0.4) is 0 Å². The number of benzene rings is 1. The molecule has 5 rings (SSSR count). The number of carbonyl (C=O) groups excluding carboxylic acids is 1. The van der Waals surface area contributed by atoms with Crippen molar-refractivity contribution in [1.29, 1.82) is 0 Å². The SMILES string of the molecule is Cc1cc(C)c(C2=C(O)[C@H]3[C@@H](C2=O)[C@@H]2CCC3(C3OCCO3)O2)c(C)c1. The Hall–Kier alpha value is -1.69. The van der Waals surface area contributed by atoms with Crippen molar-refractivity contribution >= 4 is 11.4 Å². The van der Waals surface area contributed by atoms with E-state index in [-0.39, 0.29) is 29.5 Å². The fourth-order valence-corrected chi connectivity index (χ4v) is 5.72. The van der Waals surface area contributed by atoms with Crippen LogP contribution in [0, 0.1) is 32.6 Å². The van der Waals surface area contributed by atoms with Gasteiger partial charge in [0.1, 0.15) is 11.4 Å². The van der Waals surface area contributed by atoms with E-state index in [0.29, 0.717) is 18.8 Å². The monoisotopic (exact) mass is 356 g/mol. The average Bonchev–Trinajstić information content (AvgIpc) is 3.33. The molecule has 5 nitrogen and oxygen atoms in total. The van der Waals surface area contributed by atoms with Crippen LogP contribution in [0.1, 0.15) is 35.1 Å². The lowest BCUT2D eigenvalue weighted by Crippen LogP contribution is -2.48. The maximum absolute atomic E-state index is 13.4. The number of ketones is 1. The van der Waals surface area contributed by atoms with Gasteiger partial charge in [-0.2, -0.15) is 0 Å². The highest BCUT2D eigenvalue weighted by Crippen LogP contribution is 2.61. The summed E-state index contributed by atoms with van der Waals surface area (Å²) in [5.74, 6) is -0.526. The summed E-state index contributed by atoms with van der Waals surface area (Å²) < 4.78 is 17.8. The van der Waals surface area contributed by atoms with E-state index in [1.807, 2.05) is 20.8 Å². The van der Waals surface area contributed by atoms with Crippen molar-refractivity contribution in [2.45, 2.75) is 51.6 Å². The third-order valence-electron chi connectivity index (χ3n) is 6.52. The average molecular weight is 356 g/mol. The Balaban J connectivity index is 1.65. The van der Waals surface area contributed by atoms with Crippen molar-refractivity contribution < 1.29 is 24.1 Å². The summed E-state index contributed by atoms with van der Waals surface area (Å²) in [5, 5.41) is 11.2. The predicted molar refractivity (Wildman–Crippen MR) is 94.7 cm³/mol. The minimum absolute atomic E-state index is 0.00660. The quantitative estimate of drug-likeness (QED) is 0.882. The normalized spacial score (nSPS) is 36.4. The topological polar surface area (TPSA) is 65.0 Å². The predicted octanol–water partition coefficient (Wildman–Crippen LogP) is 3.00. The molecule has 5 heteroatoms. The van der Waals surface area contributed by atoms with E-state index in [0.717, 1.165) is 35.1 Å². The molecule has 3 heterocycles. The van der Waals surface area contributed by atoms with Crippen molar-refractivity contribution in [1.82, 2.24) is 0 Å². The van der Waals surface area contributed by atoms with Gasteiger partial charge in [-0.25, -0.2) is 0 Å². The van der Waals surface area contributed by atoms with E-state index >= 15 is 0 Å². The number of Topliss-reactive ketones (excluding diaryl/α,β-unsaturated/α-hetero) is 1. The van der Waals surface area contributed by atoms with E-state index < -0.39 is 11.9 Å². The molecular weight excluding hydrogens is 332 g/mol. The summed E-state index contributed by atoms with van der Waals surface area (Å²) in [5.41, 5.74) is 3.81. The number of hydrogen-bond acceptors (Lipinski definition) is 5. The molecule has 1 unspecified atom stereocenters. The molecule has 3 saturated heterocycles. The van der Waals surface area contributed by atoms with Gasteiger partial charge < -0.3 is 19.3 Å². The van der Waals surface area contributed by atoms with Crippen LogP contribution in [0.4, 0.5) is 0 Å². The summed E-state index contributed by atoms with van der Waals surface area (Å²) in [4.78, 5) is 13.4. The van der Waals surface area contributed by atoms with Gasteiger partial charge in [-0.15, -0.1) is 0 Å². The Morgan fingerprint density at radius 1 is 1.12 bits per heavy atom. The highest BCUT2D eigenvalue weighted by Gasteiger charge is 2.70. The first-order chi connectivity index (χ1) is 12.4. The molecule has 4 atom stereocenters. The second-order valence-electron chi connectivity index (χ2n) is 8.13. The molecule has 0 aromatic heterocycles. The van der Waals surface area contributed by atoms with Crippen molar-refractivity contribution in [2.75, 3.05) is 13.2 Å². The van der Waals surface area contributed by atoms with Gasteiger partial charge in [-0.3, -0.25) is 4.79 Å². The van der Waals surface area contributed by atoms with Gasteiger partial charge in [0, 0.05) is 0 Å². The molecule has 0 saturated carbocycles. The molecule has 4 aliphatic rings. The first kappa shape index (κ1) is 16.5. The fraction of sp³-hybridized carbons (Fsp3) is 0.571. The lowest BCUT2D eigenvalue weighted by atomic mass is 9.72. The molecule has 3 aliphatic heterocycles. The van der Waals surface area contributed by atoms with Crippen LogP contribution >= 0.6 is 0 Å². The zero-order valence-corrected chi connectivity index (χ0v) is 15.4. The van der Waals surface area contributed by atoms with Crippen molar-refractivity contribution in [3.63, 3.8) is 0 Å². The maximum atomic E-state index is 13.4. The molecule has 1 aliphatic carbocycles. The third-order valence-corrected chi connectivity index (χ3v) is 6.52. The summed E-state index contributed by atoms with van der Waals surface area (Å²) in [7, 11) is 0. The third kappa shape index (κ3) is 1.94. The summed E-state index contributed by atoms with van der Waals surface area (Å²) >= 11 is 0. The fourth-order valence-electron chi connectivity index (χ4n) is 5.72. The van der Waals surface area contributed by atoms with E-state index in [1.165, 1.54) is 0 Å². The highest BCUT2D eigenvalue weighted by atomic mass is 16.7. The number of rotatable bonds is 2. The molecule has 1 aromatic rings. The molecule has 1 N–H and O–H groups in total. The zero-order valence-electron chi connectivity index (χ0n) is 15.4. The van der Waals surface area contributed by atoms with Gasteiger partial charge in [-0.1, -0.05) is 17.7 Å². The van der Waals surface area contributed by atoms with Crippen molar-refractivity contribution in [3.05, 3.63) is 40.1 Å². The maximum Gasteiger partial charge on any atom is 0.187 e. The van der Waals surface area contributed by atoms with Crippen molar-refractivity contribution in [3.8, 4) is 0 Å². The smallest absolute Gasteiger partial charge is 0.187 e. The van der Waals surface area contributed by atoms with Gasteiger partial charge in [0.25, 0.3) is 0 Å². The Labute approximate surface area is 152 Å². The first-order valence-electron chi connectivity index (χ1n) is 9.40. The van der Waals surface area contributed by atoms with Gasteiger partial charge in [-0.05, 0) is 50.3 Å².